The maximum atomic E-state index is 12.6. The van der Waals surface area contributed by atoms with Crippen molar-refractivity contribution in [3.05, 3.63) is 23.7 Å². The van der Waals surface area contributed by atoms with Gasteiger partial charge in [-0.1, -0.05) is 0 Å². The van der Waals surface area contributed by atoms with Crippen LogP contribution >= 0.6 is 0 Å². The van der Waals surface area contributed by atoms with Crippen LogP contribution in [0.25, 0.3) is 0 Å². The van der Waals surface area contributed by atoms with Gasteiger partial charge in [0.05, 0.1) is 6.26 Å². The second-order valence-corrected chi connectivity index (χ2v) is 8.13. The van der Waals surface area contributed by atoms with E-state index in [1.165, 1.54) is 25.5 Å². The van der Waals surface area contributed by atoms with Crippen LogP contribution in [-0.2, 0) is 9.53 Å². The summed E-state index contributed by atoms with van der Waals surface area (Å²) in [6.07, 6.45) is 7.93. The normalized spacial score (nSPS) is 34.8. The fourth-order valence-corrected chi connectivity index (χ4v) is 5.50. The maximum absolute atomic E-state index is 12.6. The smallest absolute Gasteiger partial charge is 0.342 e. The van der Waals surface area contributed by atoms with Gasteiger partial charge in [-0.15, -0.1) is 0 Å². The van der Waals surface area contributed by atoms with Gasteiger partial charge in [-0.25, -0.2) is 4.79 Å². The van der Waals surface area contributed by atoms with Crippen molar-refractivity contribution in [2.45, 2.75) is 64.0 Å². The van der Waals surface area contributed by atoms with Gasteiger partial charge in [0.15, 0.2) is 6.10 Å². The van der Waals surface area contributed by atoms with Crippen LogP contribution in [-0.4, -0.2) is 23.5 Å². The fourth-order valence-electron chi connectivity index (χ4n) is 5.50. The Kier molecular flexibility index (Phi) is 3.70. The Balaban J connectivity index is 1.39. The van der Waals surface area contributed by atoms with Gasteiger partial charge in [0.1, 0.15) is 11.3 Å². The SMILES string of the molecule is Cc1occc1C(=O)OC(C)C(=O)NC12CC3CC(CC(C3)C1)C2. The Morgan fingerprint density at radius 2 is 1.79 bits per heavy atom. The zero-order valence-corrected chi connectivity index (χ0v) is 14.3. The molecule has 4 aliphatic rings. The topological polar surface area (TPSA) is 68.5 Å². The van der Waals surface area contributed by atoms with Crippen molar-refractivity contribution in [2.24, 2.45) is 17.8 Å². The van der Waals surface area contributed by atoms with E-state index in [2.05, 4.69) is 5.32 Å². The van der Waals surface area contributed by atoms with Crippen molar-refractivity contribution in [2.75, 3.05) is 0 Å². The summed E-state index contributed by atoms with van der Waals surface area (Å²) in [4.78, 5) is 24.7. The van der Waals surface area contributed by atoms with Gasteiger partial charge in [-0.05, 0) is 76.2 Å². The molecule has 4 saturated carbocycles. The summed E-state index contributed by atoms with van der Waals surface area (Å²) in [5, 5.41) is 3.25. The minimum atomic E-state index is -0.792. The molecule has 0 radical (unpaired) electrons. The molecule has 5 rings (SSSR count). The van der Waals surface area contributed by atoms with Gasteiger partial charge in [0.2, 0.25) is 0 Å². The number of hydrogen-bond acceptors (Lipinski definition) is 4. The fraction of sp³-hybridized carbons (Fsp3) is 0.684. The molecule has 24 heavy (non-hydrogen) atoms. The van der Waals surface area contributed by atoms with Gasteiger partial charge < -0.3 is 14.5 Å². The quantitative estimate of drug-likeness (QED) is 0.860. The monoisotopic (exact) mass is 331 g/mol. The van der Waals surface area contributed by atoms with Crippen LogP contribution in [0.5, 0.6) is 0 Å². The maximum Gasteiger partial charge on any atom is 0.342 e. The van der Waals surface area contributed by atoms with Crippen molar-refractivity contribution in [1.82, 2.24) is 5.32 Å². The van der Waals surface area contributed by atoms with E-state index in [4.69, 9.17) is 9.15 Å². The molecule has 1 unspecified atom stereocenters. The molecule has 0 aromatic carbocycles. The molecule has 1 N–H and O–H groups in total. The van der Waals surface area contributed by atoms with Crippen LogP contribution in [0.3, 0.4) is 0 Å². The average molecular weight is 331 g/mol. The molecule has 130 valence electrons. The molecule has 4 fully saturated rings. The molecule has 0 aliphatic heterocycles. The number of hydrogen-bond donors (Lipinski definition) is 1. The minimum Gasteiger partial charge on any atom is -0.469 e. The summed E-state index contributed by atoms with van der Waals surface area (Å²) < 4.78 is 10.5. The van der Waals surface area contributed by atoms with Crippen molar-refractivity contribution >= 4 is 11.9 Å². The summed E-state index contributed by atoms with van der Waals surface area (Å²) in [5.74, 6) is 2.13. The second-order valence-electron chi connectivity index (χ2n) is 8.13. The summed E-state index contributed by atoms with van der Waals surface area (Å²) in [5.41, 5.74) is 0.322. The lowest BCUT2D eigenvalue weighted by molar-refractivity contribution is -0.134. The summed E-state index contributed by atoms with van der Waals surface area (Å²) in [6.45, 7) is 3.35. The van der Waals surface area contributed by atoms with Crippen molar-refractivity contribution in [3.8, 4) is 0 Å². The highest BCUT2D eigenvalue weighted by molar-refractivity contribution is 5.93. The van der Waals surface area contributed by atoms with Crippen molar-refractivity contribution in [3.63, 3.8) is 0 Å². The van der Waals surface area contributed by atoms with E-state index in [1.807, 2.05) is 0 Å². The molecule has 4 bridgehead atoms. The largest absolute Gasteiger partial charge is 0.469 e. The number of rotatable bonds is 4. The van der Waals surface area contributed by atoms with Crippen LogP contribution in [0, 0.1) is 24.7 Å². The van der Waals surface area contributed by atoms with Crippen LogP contribution in [0.1, 0.15) is 61.6 Å². The molecule has 5 nitrogen and oxygen atoms in total. The predicted molar refractivity (Wildman–Crippen MR) is 87.4 cm³/mol. The molecule has 1 heterocycles. The minimum absolute atomic E-state index is 0.0575. The molecule has 4 aliphatic carbocycles. The number of nitrogens with one attached hydrogen (secondary N) is 1. The van der Waals surface area contributed by atoms with E-state index in [9.17, 15) is 9.59 Å². The molecule has 0 saturated heterocycles. The molecule has 1 aromatic rings. The van der Waals surface area contributed by atoms with Crippen LogP contribution in [0.2, 0.25) is 0 Å². The number of amides is 1. The van der Waals surface area contributed by atoms with Crippen LogP contribution < -0.4 is 5.32 Å². The Morgan fingerprint density at radius 3 is 2.29 bits per heavy atom. The van der Waals surface area contributed by atoms with Crippen molar-refractivity contribution < 1.29 is 18.7 Å². The highest BCUT2D eigenvalue weighted by Gasteiger charge is 2.51. The first kappa shape index (κ1) is 15.7. The van der Waals surface area contributed by atoms with Gasteiger partial charge >= 0.3 is 5.97 Å². The number of carbonyl (C=O) groups is 2. The van der Waals surface area contributed by atoms with E-state index < -0.39 is 12.1 Å². The highest BCUT2D eigenvalue weighted by Crippen LogP contribution is 2.55. The van der Waals surface area contributed by atoms with Crippen molar-refractivity contribution in [1.29, 1.82) is 0 Å². The Morgan fingerprint density at radius 1 is 1.21 bits per heavy atom. The number of aryl methyl sites for hydroxylation is 1. The Labute approximate surface area is 142 Å². The molecular weight excluding hydrogens is 306 g/mol. The van der Waals surface area contributed by atoms with E-state index in [-0.39, 0.29) is 11.4 Å². The van der Waals surface area contributed by atoms with E-state index >= 15 is 0 Å². The first-order chi connectivity index (χ1) is 11.4. The standard InChI is InChI=1S/C19H25NO4/c1-11-16(3-4-23-11)18(22)24-12(2)17(21)20-19-8-13-5-14(9-19)7-15(6-13)10-19/h3-4,12-15H,5-10H2,1-2H3,(H,20,21). The molecule has 1 amide bonds. The van der Waals surface area contributed by atoms with E-state index in [0.29, 0.717) is 11.3 Å². The lowest BCUT2D eigenvalue weighted by Gasteiger charge is -2.57. The zero-order chi connectivity index (χ0) is 16.9. The summed E-state index contributed by atoms with van der Waals surface area (Å²) in [7, 11) is 0. The molecule has 5 heteroatoms. The highest BCUT2D eigenvalue weighted by atomic mass is 16.5. The van der Waals surface area contributed by atoms with Gasteiger partial charge in [0, 0.05) is 5.54 Å². The first-order valence-electron chi connectivity index (χ1n) is 9.01. The molecular formula is C19H25NO4. The van der Waals surface area contributed by atoms with Gasteiger partial charge in [-0.3, -0.25) is 4.79 Å². The number of ether oxygens (including phenoxy) is 1. The molecule has 1 aromatic heterocycles. The molecule has 1 atom stereocenters. The van der Waals surface area contributed by atoms with Crippen LogP contribution in [0.15, 0.2) is 16.7 Å². The van der Waals surface area contributed by atoms with E-state index in [0.717, 1.165) is 37.0 Å². The third-order valence-electron chi connectivity index (χ3n) is 6.16. The van der Waals surface area contributed by atoms with Gasteiger partial charge in [0.25, 0.3) is 5.91 Å². The second kappa shape index (κ2) is 5.64. The summed E-state index contributed by atoms with van der Waals surface area (Å²) >= 11 is 0. The molecule has 0 spiro atoms. The third kappa shape index (κ3) is 2.74. The summed E-state index contributed by atoms with van der Waals surface area (Å²) in [6, 6.07) is 1.57. The first-order valence-corrected chi connectivity index (χ1v) is 9.01. The number of carbonyl (C=O) groups excluding carboxylic acids is 2. The van der Waals surface area contributed by atoms with Gasteiger partial charge in [-0.2, -0.15) is 0 Å². The van der Waals surface area contributed by atoms with E-state index in [1.54, 1.807) is 19.9 Å². The zero-order valence-electron chi connectivity index (χ0n) is 14.3. The average Bonchev–Trinajstić information content (AvgIpc) is 2.91. The Bertz CT molecular complexity index is 627. The third-order valence-corrected chi connectivity index (χ3v) is 6.16. The lowest BCUT2D eigenvalue weighted by Crippen LogP contribution is -2.61. The number of furan rings is 1. The predicted octanol–water partition coefficient (Wildman–Crippen LogP) is 3.22. The number of esters is 1. The van der Waals surface area contributed by atoms with Crippen LogP contribution in [0.4, 0.5) is 0 Å². The Hall–Kier alpha value is -1.78. The lowest BCUT2D eigenvalue weighted by atomic mass is 9.53.